The van der Waals surface area contributed by atoms with Gasteiger partial charge in [-0.3, -0.25) is 5.41 Å². The van der Waals surface area contributed by atoms with Crippen LogP contribution in [0.1, 0.15) is 12.0 Å². The van der Waals surface area contributed by atoms with Crippen molar-refractivity contribution >= 4 is 17.7 Å². The van der Waals surface area contributed by atoms with Crippen LogP contribution >= 0.6 is 0 Å². The maximum absolute atomic E-state index is 8.08. The van der Waals surface area contributed by atoms with E-state index in [1.165, 1.54) is 11.1 Å². The molecule has 0 spiro atoms. The lowest BCUT2D eigenvalue weighted by molar-refractivity contribution is 0.416. The molecule has 2 aliphatic rings. The molecule has 0 radical (unpaired) electrons. The molecule has 4 rings (SSSR count). The lowest BCUT2D eigenvalue weighted by atomic mass is 9.87. The Morgan fingerprint density at radius 1 is 1.22 bits per heavy atom. The number of fused-ring (bicyclic) bond motifs is 1. The fourth-order valence-corrected chi connectivity index (χ4v) is 3.74. The number of hydrogen-bond donors (Lipinski definition) is 4. The molecule has 1 atom stereocenters. The van der Waals surface area contributed by atoms with Crippen LogP contribution < -0.4 is 15.4 Å². The highest BCUT2D eigenvalue weighted by atomic mass is 16.5. The molecular formula is C22H24N4O. The summed E-state index contributed by atoms with van der Waals surface area (Å²) in [7, 11) is 3.51. The van der Waals surface area contributed by atoms with Gasteiger partial charge in [0.25, 0.3) is 0 Å². The van der Waals surface area contributed by atoms with Crippen molar-refractivity contribution in [1.82, 2.24) is 10.3 Å². The van der Waals surface area contributed by atoms with E-state index in [0.29, 0.717) is 5.84 Å². The third-order valence-electron chi connectivity index (χ3n) is 5.22. The highest BCUT2D eigenvalue weighted by Crippen LogP contribution is 2.39. The summed E-state index contributed by atoms with van der Waals surface area (Å²) in [5, 5.41) is 14.5. The number of allylic oxidation sites excluding steroid dienone is 2. The minimum Gasteiger partial charge on any atom is -0.496 e. The summed E-state index contributed by atoms with van der Waals surface area (Å²) in [6.45, 7) is 0.776. The van der Waals surface area contributed by atoms with Crippen LogP contribution in [0, 0.1) is 11.3 Å². The molecule has 1 aromatic carbocycles. The van der Waals surface area contributed by atoms with Gasteiger partial charge >= 0.3 is 0 Å². The summed E-state index contributed by atoms with van der Waals surface area (Å²) in [4.78, 5) is 3.35. The fourth-order valence-electron chi connectivity index (χ4n) is 3.74. The number of rotatable bonds is 4. The summed E-state index contributed by atoms with van der Waals surface area (Å²) in [6.07, 6.45) is 11.4. The zero-order chi connectivity index (χ0) is 18.8. The Balaban J connectivity index is 1.70. The first-order valence-corrected chi connectivity index (χ1v) is 9.14. The summed E-state index contributed by atoms with van der Waals surface area (Å²) >= 11 is 0. The molecule has 0 saturated carbocycles. The van der Waals surface area contributed by atoms with Crippen molar-refractivity contribution in [3.63, 3.8) is 0 Å². The number of H-pyrrole nitrogens is 1. The third kappa shape index (κ3) is 3.16. The molecule has 1 unspecified atom stereocenters. The van der Waals surface area contributed by atoms with E-state index in [1.54, 1.807) is 14.2 Å². The third-order valence-corrected chi connectivity index (χ3v) is 5.22. The fraction of sp³-hybridized carbons (Fsp3) is 0.227. The summed E-state index contributed by atoms with van der Waals surface area (Å²) < 4.78 is 5.55. The molecule has 1 aliphatic heterocycles. The van der Waals surface area contributed by atoms with Crippen molar-refractivity contribution in [3.05, 3.63) is 65.4 Å². The number of aromatic amines is 1. The van der Waals surface area contributed by atoms with Crippen LogP contribution in [0.4, 0.5) is 5.82 Å². The summed E-state index contributed by atoms with van der Waals surface area (Å²) in [5.74, 6) is 2.56. The molecule has 4 N–H and O–H groups in total. The standard InChI is InChI=1S/C22H24N4O/c1-24-21(23)15-7-5-6-14(10-15)16-11-18-19(13-26-22(18)25-12-16)17-8-3-4-9-20(17)27-2/h3-9,11,13,15,25-26H,10,12H2,1-2H3,(H2,23,24). The van der Waals surface area contributed by atoms with E-state index in [2.05, 4.69) is 46.0 Å². The Morgan fingerprint density at radius 3 is 2.89 bits per heavy atom. The van der Waals surface area contributed by atoms with Crippen LogP contribution in [0.3, 0.4) is 0 Å². The maximum atomic E-state index is 8.08. The number of ether oxygens (including phenoxy) is 1. The molecule has 1 aliphatic carbocycles. The van der Waals surface area contributed by atoms with Gasteiger partial charge in [-0.1, -0.05) is 36.4 Å². The molecule has 2 aromatic rings. The van der Waals surface area contributed by atoms with Crippen molar-refractivity contribution in [2.45, 2.75) is 6.42 Å². The molecule has 27 heavy (non-hydrogen) atoms. The zero-order valence-electron chi connectivity index (χ0n) is 15.6. The average molecular weight is 360 g/mol. The molecule has 1 aromatic heterocycles. The van der Waals surface area contributed by atoms with E-state index >= 15 is 0 Å². The van der Waals surface area contributed by atoms with Crippen molar-refractivity contribution < 1.29 is 4.74 Å². The van der Waals surface area contributed by atoms with Crippen molar-refractivity contribution in [2.24, 2.45) is 5.92 Å². The molecular weight excluding hydrogens is 336 g/mol. The van der Waals surface area contributed by atoms with Gasteiger partial charge in [0.05, 0.1) is 7.11 Å². The van der Waals surface area contributed by atoms with E-state index in [4.69, 9.17) is 10.1 Å². The van der Waals surface area contributed by atoms with Gasteiger partial charge < -0.3 is 20.4 Å². The topological polar surface area (TPSA) is 72.9 Å². The number of para-hydroxylation sites is 1. The molecule has 0 saturated heterocycles. The molecule has 5 heteroatoms. The number of nitrogens with one attached hydrogen (secondary N) is 4. The maximum Gasteiger partial charge on any atom is 0.126 e. The van der Waals surface area contributed by atoms with Crippen LogP contribution in [0.2, 0.25) is 0 Å². The van der Waals surface area contributed by atoms with E-state index in [9.17, 15) is 0 Å². The molecule has 2 heterocycles. The van der Waals surface area contributed by atoms with Crippen LogP contribution in [0.25, 0.3) is 17.2 Å². The molecule has 0 bridgehead atoms. The van der Waals surface area contributed by atoms with Crippen molar-refractivity contribution in [1.29, 1.82) is 5.41 Å². The number of methoxy groups -OCH3 is 1. The number of benzene rings is 1. The molecule has 0 fully saturated rings. The quantitative estimate of drug-likeness (QED) is 0.488. The smallest absolute Gasteiger partial charge is 0.126 e. The molecule has 0 amide bonds. The number of aromatic nitrogens is 1. The van der Waals surface area contributed by atoms with Crippen LogP contribution in [0.5, 0.6) is 5.75 Å². The Bertz CT molecular complexity index is 964. The minimum atomic E-state index is 0.109. The second-order valence-corrected chi connectivity index (χ2v) is 6.77. The second kappa shape index (κ2) is 7.19. The predicted molar refractivity (Wildman–Crippen MR) is 111 cm³/mol. The SMILES string of the molecule is CNC(=N)C1C=CC=C(C2=Cc3c(-c4ccccc4OC)c[nH]c3NC2)C1. The van der Waals surface area contributed by atoms with Gasteiger partial charge in [-0.05, 0) is 29.7 Å². The summed E-state index contributed by atoms with van der Waals surface area (Å²) in [6, 6.07) is 8.08. The zero-order valence-corrected chi connectivity index (χ0v) is 15.6. The first-order valence-electron chi connectivity index (χ1n) is 9.14. The van der Waals surface area contributed by atoms with E-state index < -0.39 is 0 Å². The van der Waals surface area contributed by atoms with Gasteiger partial charge in [-0.15, -0.1) is 0 Å². The number of hydrogen-bond acceptors (Lipinski definition) is 3. The lowest BCUT2D eigenvalue weighted by Gasteiger charge is -2.24. The Kier molecular flexibility index (Phi) is 4.59. The normalized spacial score (nSPS) is 18.1. The Morgan fingerprint density at radius 2 is 2.07 bits per heavy atom. The van der Waals surface area contributed by atoms with Gasteiger partial charge in [0.2, 0.25) is 0 Å². The second-order valence-electron chi connectivity index (χ2n) is 6.77. The van der Waals surface area contributed by atoms with Gasteiger partial charge in [-0.2, -0.15) is 0 Å². The van der Waals surface area contributed by atoms with E-state index in [1.807, 2.05) is 24.4 Å². The molecule has 138 valence electrons. The Labute approximate surface area is 159 Å². The minimum absolute atomic E-state index is 0.109. The Hall–Kier alpha value is -3.21. The first-order chi connectivity index (χ1) is 13.2. The highest BCUT2D eigenvalue weighted by molar-refractivity contribution is 5.88. The average Bonchev–Trinajstić information content (AvgIpc) is 3.16. The van der Waals surface area contributed by atoms with Crippen molar-refractivity contribution in [2.75, 3.05) is 26.0 Å². The van der Waals surface area contributed by atoms with Crippen LogP contribution in [-0.2, 0) is 0 Å². The largest absolute Gasteiger partial charge is 0.496 e. The van der Waals surface area contributed by atoms with Gasteiger partial charge in [0, 0.05) is 42.4 Å². The van der Waals surface area contributed by atoms with Gasteiger partial charge in [0.15, 0.2) is 0 Å². The number of anilines is 1. The lowest BCUT2D eigenvalue weighted by Crippen LogP contribution is -2.27. The van der Waals surface area contributed by atoms with Crippen molar-refractivity contribution in [3.8, 4) is 16.9 Å². The first kappa shape index (κ1) is 17.2. The summed E-state index contributed by atoms with van der Waals surface area (Å²) in [5.41, 5.74) is 5.88. The van der Waals surface area contributed by atoms with Crippen LogP contribution in [-0.4, -0.2) is 31.5 Å². The molecule has 5 nitrogen and oxygen atoms in total. The number of amidine groups is 1. The predicted octanol–water partition coefficient (Wildman–Crippen LogP) is 4.20. The van der Waals surface area contributed by atoms with E-state index in [-0.39, 0.29) is 5.92 Å². The van der Waals surface area contributed by atoms with E-state index in [0.717, 1.165) is 41.2 Å². The van der Waals surface area contributed by atoms with Gasteiger partial charge in [-0.25, -0.2) is 0 Å². The monoisotopic (exact) mass is 360 g/mol. The highest BCUT2D eigenvalue weighted by Gasteiger charge is 2.22. The van der Waals surface area contributed by atoms with Gasteiger partial charge in [0.1, 0.15) is 17.4 Å². The van der Waals surface area contributed by atoms with Crippen LogP contribution in [0.15, 0.2) is 59.8 Å².